The molecule has 0 fully saturated rings. The van der Waals surface area contributed by atoms with E-state index in [2.05, 4.69) is 45.0 Å². The summed E-state index contributed by atoms with van der Waals surface area (Å²) < 4.78 is 6.09. The highest BCUT2D eigenvalue weighted by Gasteiger charge is 2.16. The van der Waals surface area contributed by atoms with Crippen molar-refractivity contribution in [2.24, 2.45) is 0 Å². The number of aryl methyl sites for hydroxylation is 1. The molecule has 2 aromatic carbocycles. The summed E-state index contributed by atoms with van der Waals surface area (Å²) in [7, 11) is 2.15. The van der Waals surface area contributed by atoms with E-state index >= 15 is 0 Å². The highest BCUT2D eigenvalue weighted by molar-refractivity contribution is 14.0. The van der Waals surface area contributed by atoms with Crippen molar-refractivity contribution in [3.8, 4) is 0 Å². The number of fused-ring (bicyclic) bond motifs is 1. The number of rotatable bonds is 9. The van der Waals surface area contributed by atoms with Gasteiger partial charge in [0.15, 0.2) is 0 Å². The number of halogens is 1. The molecule has 0 radical (unpaired) electrons. The smallest absolute Gasteiger partial charge is 0.255 e. The summed E-state index contributed by atoms with van der Waals surface area (Å²) in [5.74, 6) is 1.93. The lowest BCUT2D eigenvalue weighted by Crippen LogP contribution is -2.28. The molecule has 1 amide bonds. The molecule has 0 saturated carbocycles. The molecule has 31 heavy (non-hydrogen) atoms. The number of benzene rings is 2. The van der Waals surface area contributed by atoms with E-state index in [9.17, 15) is 4.79 Å². The van der Waals surface area contributed by atoms with Crippen molar-refractivity contribution >= 4 is 58.3 Å². The van der Waals surface area contributed by atoms with Gasteiger partial charge in [-0.3, -0.25) is 4.79 Å². The van der Waals surface area contributed by atoms with Crippen LogP contribution < -0.4 is 5.32 Å². The number of furan rings is 1. The lowest BCUT2D eigenvalue weighted by Gasteiger charge is -2.20. The Bertz CT molecular complexity index is 1020. The van der Waals surface area contributed by atoms with Crippen molar-refractivity contribution in [3.63, 3.8) is 0 Å². The first-order valence-electron chi connectivity index (χ1n) is 10.7. The quantitative estimate of drug-likeness (QED) is 0.233. The van der Waals surface area contributed by atoms with Gasteiger partial charge in [-0.2, -0.15) is 0 Å². The number of thioether (sulfide) groups is 1. The third kappa shape index (κ3) is 6.49. The monoisotopic (exact) mass is 552 g/mol. The molecule has 0 spiro atoms. The molecule has 3 rings (SSSR count). The van der Waals surface area contributed by atoms with Gasteiger partial charge in [-0.05, 0) is 69.5 Å². The molecule has 0 aliphatic carbocycles. The normalized spacial score (nSPS) is 11.2. The zero-order valence-corrected chi connectivity index (χ0v) is 22.2. The van der Waals surface area contributed by atoms with Crippen molar-refractivity contribution in [2.45, 2.75) is 51.5 Å². The van der Waals surface area contributed by atoms with Crippen LogP contribution in [0.3, 0.4) is 0 Å². The van der Waals surface area contributed by atoms with Gasteiger partial charge in [0.05, 0.1) is 0 Å². The maximum absolute atomic E-state index is 12.8. The molecule has 6 heteroatoms. The minimum Gasteiger partial charge on any atom is -0.461 e. The van der Waals surface area contributed by atoms with Crippen molar-refractivity contribution in [2.75, 3.05) is 24.7 Å². The predicted molar refractivity (Wildman–Crippen MR) is 143 cm³/mol. The van der Waals surface area contributed by atoms with Crippen LogP contribution in [0.4, 0.5) is 5.69 Å². The zero-order chi connectivity index (χ0) is 21.7. The molecular formula is C25H33IN2O2S. The van der Waals surface area contributed by atoms with Gasteiger partial charge in [-0.1, -0.05) is 19.9 Å². The van der Waals surface area contributed by atoms with E-state index in [1.807, 2.05) is 42.5 Å². The van der Waals surface area contributed by atoms with Crippen LogP contribution in [0.15, 0.2) is 51.8 Å². The Morgan fingerprint density at radius 3 is 2.61 bits per heavy atom. The molecule has 0 unspecified atom stereocenters. The molecule has 3 aromatic rings. The summed E-state index contributed by atoms with van der Waals surface area (Å²) in [5, 5.41) is 4.15. The zero-order valence-electron chi connectivity index (χ0n) is 19.0. The average Bonchev–Trinajstić information content (AvgIpc) is 3.09. The van der Waals surface area contributed by atoms with Crippen molar-refractivity contribution < 1.29 is 9.21 Å². The van der Waals surface area contributed by atoms with Crippen LogP contribution in [-0.2, 0) is 12.8 Å². The molecule has 1 heterocycles. The largest absolute Gasteiger partial charge is 0.461 e. The number of nitrogens with zero attached hydrogens (tertiary/aromatic N) is 1. The first-order chi connectivity index (χ1) is 14.4. The van der Waals surface area contributed by atoms with E-state index in [4.69, 9.17) is 4.42 Å². The van der Waals surface area contributed by atoms with Crippen molar-refractivity contribution in [1.82, 2.24) is 4.90 Å². The minimum atomic E-state index is -0.0896. The fourth-order valence-electron chi connectivity index (χ4n) is 3.48. The Balaban J connectivity index is 0.00000341. The summed E-state index contributed by atoms with van der Waals surface area (Å²) in [5.41, 5.74) is 3.60. The maximum atomic E-state index is 12.8. The molecular weight excluding hydrogens is 519 g/mol. The van der Waals surface area contributed by atoms with Gasteiger partial charge in [-0.15, -0.1) is 35.7 Å². The van der Waals surface area contributed by atoms with Crippen LogP contribution in [0.2, 0.25) is 0 Å². The average molecular weight is 553 g/mol. The van der Waals surface area contributed by atoms with E-state index in [0.717, 1.165) is 52.5 Å². The fourth-order valence-corrected chi connectivity index (χ4v) is 4.20. The first kappa shape index (κ1) is 25.7. The number of hydrogen-bond donors (Lipinski definition) is 1. The number of anilines is 1. The second-order valence-electron chi connectivity index (χ2n) is 7.81. The summed E-state index contributed by atoms with van der Waals surface area (Å²) in [6, 6.07) is 14.2. The lowest BCUT2D eigenvalue weighted by molar-refractivity contribution is 0.102. The molecule has 4 nitrogen and oxygen atoms in total. The highest BCUT2D eigenvalue weighted by Crippen LogP contribution is 2.30. The lowest BCUT2D eigenvalue weighted by atomic mass is 10.0. The van der Waals surface area contributed by atoms with Crippen LogP contribution >= 0.6 is 35.7 Å². The van der Waals surface area contributed by atoms with Gasteiger partial charge < -0.3 is 14.6 Å². The van der Waals surface area contributed by atoms with Crippen LogP contribution in [0, 0.1) is 0 Å². The molecule has 1 N–H and O–H groups in total. The number of amides is 1. The predicted octanol–water partition coefficient (Wildman–Crippen LogP) is 6.86. The Labute approximate surface area is 207 Å². The van der Waals surface area contributed by atoms with Crippen molar-refractivity contribution in [3.05, 3.63) is 59.4 Å². The molecule has 0 atom stereocenters. The number of carbonyl (C=O) groups is 1. The van der Waals surface area contributed by atoms with Gasteiger partial charge in [0, 0.05) is 46.1 Å². The molecule has 1 aromatic heterocycles. The topological polar surface area (TPSA) is 45.5 Å². The highest BCUT2D eigenvalue weighted by atomic mass is 127. The SMILES string of the molecule is CCSc1cccc(C(=O)Nc2ccc3oc(CC)c(CCN(C)C(C)C)c3c2)c1.I. The Morgan fingerprint density at radius 1 is 1.16 bits per heavy atom. The van der Waals surface area contributed by atoms with Gasteiger partial charge in [0.25, 0.3) is 5.91 Å². The van der Waals surface area contributed by atoms with E-state index < -0.39 is 0 Å². The molecule has 0 saturated heterocycles. The molecule has 0 aliphatic heterocycles. The molecule has 0 aliphatic rings. The fraction of sp³-hybridized carbons (Fsp3) is 0.400. The minimum absolute atomic E-state index is 0. The second kappa shape index (κ2) is 11.9. The maximum Gasteiger partial charge on any atom is 0.255 e. The van der Waals surface area contributed by atoms with Crippen molar-refractivity contribution in [1.29, 1.82) is 0 Å². The summed E-state index contributed by atoms with van der Waals surface area (Å²) in [6.07, 6.45) is 1.79. The molecule has 0 bridgehead atoms. The Hall–Kier alpha value is -1.51. The van der Waals surface area contributed by atoms with E-state index in [1.165, 1.54) is 5.56 Å². The second-order valence-corrected chi connectivity index (χ2v) is 9.15. The standard InChI is InChI=1S/C25H32N2O2S.HI/c1-6-23-21(13-14-27(5)17(3)4)22-16-19(11-12-24(22)29-23)26-25(28)18-9-8-10-20(15-18)30-7-2;/h8-12,15-17H,6-7,13-14H2,1-5H3,(H,26,28);1H. The summed E-state index contributed by atoms with van der Waals surface area (Å²) in [6.45, 7) is 9.61. The van der Waals surface area contributed by atoms with E-state index in [-0.39, 0.29) is 29.9 Å². The number of nitrogens with one attached hydrogen (secondary N) is 1. The number of hydrogen-bond acceptors (Lipinski definition) is 4. The van der Waals surface area contributed by atoms with Crippen LogP contribution in [0.25, 0.3) is 11.0 Å². The Kier molecular flexibility index (Phi) is 9.90. The van der Waals surface area contributed by atoms with E-state index in [1.54, 1.807) is 11.8 Å². The van der Waals surface area contributed by atoms with Gasteiger partial charge in [0.1, 0.15) is 11.3 Å². The van der Waals surface area contributed by atoms with Crippen LogP contribution in [0.5, 0.6) is 0 Å². The van der Waals surface area contributed by atoms with E-state index in [0.29, 0.717) is 11.6 Å². The first-order valence-corrected chi connectivity index (χ1v) is 11.7. The van der Waals surface area contributed by atoms with Crippen LogP contribution in [-0.4, -0.2) is 36.2 Å². The third-order valence-electron chi connectivity index (χ3n) is 5.46. The number of likely N-dealkylation sites (N-methyl/N-ethyl adjacent to an activating group) is 1. The van der Waals surface area contributed by atoms with Crippen LogP contribution in [0.1, 0.15) is 49.4 Å². The molecule has 168 valence electrons. The van der Waals surface area contributed by atoms with Gasteiger partial charge in [0.2, 0.25) is 0 Å². The summed E-state index contributed by atoms with van der Waals surface area (Å²) >= 11 is 1.74. The van der Waals surface area contributed by atoms with Gasteiger partial charge >= 0.3 is 0 Å². The van der Waals surface area contributed by atoms with Gasteiger partial charge in [-0.25, -0.2) is 0 Å². The summed E-state index contributed by atoms with van der Waals surface area (Å²) in [4.78, 5) is 16.2. The third-order valence-corrected chi connectivity index (χ3v) is 6.33. The Morgan fingerprint density at radius 2 is 1.94 bits per heavy atom. The number of carbonyl (C=O) groups excluding carboxylic acids is 1.